The highest BCUT2D eigenvalue weighted by atomic mass is 15.1. The van der Waals surface area contributed by atoms with E-state index in [0.717, 1.165) is 50.2 Å². The van der Waals surface area contributed by atoms with E-state index in [0.29, 0.717) is 0 Å². The molecule has 7 aromatic carbocycles. The molecule has 3 aliphatic rings. The van der Waals surface area contributed by atoms with E-state index in [1.807, 2.05) is 24.5 Å². The van der Waals surface area contributed by atoms with Crippen LogP contribution in [0.4, 0.5) is 0 Å². The SMILES string of the molecule is C1=C(c2ccc(-c3ccccc3)cc2)CCc2c1c1cc3c4c(c1n2-c1ccccn1)CCc1c-4c(cc2c4cc(-c5ccc(-c6ccccc6)cc5)ccc4n(-c4ccccn4)c12)CC3. The van der Waals surface area contributed by atoms with Crippen molar-refractivity contribution in [2.75, 3.05) is 0 Å². The molecule has 0 saturated heterocycles. The number of benzene rings is 7. The van der Waals surface area contributed by atoms with Crippen LogP contribution in [0.2, 0.25) is 0 Å². The largest absolute Gasteiger partial charge is 0.297 e. The summed E-state index contributed by atoms with van der Waals surface area (Å²) in [4.78, 5) is 10.0. The lowest BCUT2D eigenvalue weighted by atomic mass is 9.73. The average molecular weight is 845 g/mol. The first-order valence-corrected chi connectivity index (χ1v) is 23.4. The van der Waals surface area contributed by atoms with Crippen molar-refractivity contribution < 1.29 is 0 Å². The third kappa shape index (κ3) is 5.71. The maximum absolute atomic E-state index is 5.03. The minimum absolute atomic E-state index is 0.953. The molecule has 4 heteroatoms. The molecule has 0 spiro atoms. The fourth-order valence-corrected chi connectivity index (χ4v) is 11.8. The Morgan fingerprint density at radius 1 is 0.364 bits per heavy atom. The Bertz CT molecular complexity index is 3750. The number of pyridine rings is 2. The van der Waals surface area contributed by atoms with Gasteiger partial charge in [0.25, 0.3) is 0 Å². The van der Waals surface area contributed by atoms with Crippen molar-refractivity contribution in [3.63, 3.8) is 0 Å². The molecule has 4 nitrogen and oxygen atoms in total. The minimum Gasteiger partial charge on any atom is -0.297 e. The van der Waals surface area contributed by atoms with Crippen LogP contribution < -0.4 is 0 Å². The summed E-state index contributed by atoms with van der Waals surface area (Å²) in [5, 5.41) is 3.96. The van der Waals surface area contributed by atoms with E-state index >= 15 is 0 Å². The van der Waals surface area contributed by atoms with E-state index in [4.69, 9.17) is 9.97 Å². The Morgan fingerprint density at radius 3 is 1.45 bits per heavy atom. The lowest BCUT2D eigenvalue weighted by molar-refractivity contribution is 0.860. The standard InChI is InChI=1S/C62H44N4/c1-3-11-39(12-4-1)41-17-21-43(22-18-41)45-27-31-55-51(35-45)53-37-47-25-26-48-38-54-52-36-46(44-23-19-42(20-24-44)40-13-5-2-6-14-40)28-32-56(52)66(58-16-8-10-34-64-58)62(54)50-30-29-49(59(47)60(48)50)61(53)65(55)57-15-7-9-33-63-57/h1-24,27,31,33-38H,25-26,28-30,32H2. The predicted molar refractivity (Wildman–Crippen MR) is 272 cm³/mol. The average Bonchev–Trinajstić information content (AvgIpc) is 3.91. The fraction of sp³-hybridized carbons (Fsp3) is 0.0968. The summed E-state index contributed by atoms with van der Waals surface area (Å²) >= 11 is 0. The number of aryl methyl sites for hydroxylation is 4. The molecule has 0 bridgehead atoms. The monoisotopic (exact) mass is 844 g/mol. The van der Waals surface area contributed by atoms with Crippen molar-refractivity contribution in [2.24, 2.45) is 0 Å². The van der Waals surface area contributed by atoms with E-state index in [1.54, 1.807) is 0 Å². The third-order valence-electron chi connectivity index (χ3n) is 14.7. The van der Waals surface area contributed by atoms with Gasteiger partial charge in [-0.2, -0.15) is 0 Å². The normalized spacial score (nSPS) is 13.8. The highest BCUT2D eigenvalue weighted by molar-refractivity contribution is 6.14. The molecular formula is C62H44N4. The van der Waals surface area contributed by atoms with Crippen molar-refractivity contribution in [3.8, 4) is 56.1 Å². The molecule has 0 aliphatic heterocycles. The molecule has 0 fully saturated rings. The van der Waals surface area contributed by atoms with E-state index in [1.165, 1.54) is 122 Å². The number of rotatable bonds is 6. The summed E-state index contributed by atoms with van der Waals surface area (Å²) in [7, 11) is 0. The topological polar surface area (TPSA) is 35.6 Å². The Hall–Kier alpha value is -8.08. The second kappa shape index (κ2) is 14.7. The Labute approximate surface area is 383 Å². The van der Waals surface area contributed by atoms with Crippen molar-refractivity contribution in [3.05, 3.63) is 227 Å². The summed E-state index contributed by atoms with van der Waals surface area (Å²) in [6.07, 6.45) is 12.3. The van der Waals surface area contributed by atoms with Gasteiger partial charge in [-0.1, -0.05) is 127 Å². The maximum atomic E-state index is 5.03. The highest BCUT2D eigenvalue weighted by Gasteiger charge is 2.34. The number of fused-ring (bicyclic) bond motifs is 8. The highest BCUT2D eigenvalue weighted by Crippen LogP contribution is 2.52. The van der Waals surface area contributed by atoms with Crippen LogP contribution in [0.25, 0.3) is 101 Å². The van der Waals surface area contributed by atoms with Crippen LogP contribution in [0.1, 0.15) is 45.5 Å². The number of nitrogens with zero attached hydrogens (tertiary/aromatic N) is 4. The summed E-state index contributed by atoms with van der Waals surface area (Å²) in [5.74, 6) is 1.96. The van der Waals surface area contributed by atoms with E-state index < -0.39 is 0 Å². The molecule has 11 aromatic rings. The van der Waals surface area contributed by atoms with Crippen LogP contribution in [0.15, 0.2) is 188 Å². The molecule has 0 amide bonds. The van der Waals surface area contributed by atoms with Gasteiger partial charge in [-0.15, -0.1) is 0 Å². The van der Waals surface area contributed by atoms with Crippen LogP contribution in [0, 0.1) is 0 Å². The molecule has 14 rings (SSSR count). The molecule has 4 aromatic heterocycles. The number of hydrogen-bond donors (Lipinski definition) is 0. The second-order valence-electron chi connectivity index (χ2n) is 18.3. The van der Waals surface area contributed by atoms with E-state index in [-0.39, 0.29) is 0 Å². The van der Waals surface area contributed by atoms with Crippen molar-refractivity contribution in [1.29, 1.82) is 0 Å². The van der Waals surface area contributed by atoms with Crippen LogP contribution in [-0.2, 0) is 32.1 Å². The zero-order chi connectivity index (χ0) is 43.3. The molecule has 66 heavy (non-hydrogen) atoms. The fourth-order valence-electron chi connectivity index (χ4n) is 11.8. The van der Waals surface area contributed by atoms with Gasteiger partial charge in [0.1, 0.15) is 11.6 Å². The van der Waals surface area contributed by atoms with Gasteiger partial charge < -0.3 is 0 Å². The summed E-state index contributed by atoms with van der Waals surface area (Å²) in [6, 6.07) is 64.3. The lowest BCUT2D eigenvalue weighted by Crippen LogP contribution is -2.16. The van der Waals surface area contributed by atoms with Crippen LogP contribution in [0.3, 0.4) is 0 Å². The molecule has 0 atom stereocenters. The molecule has 312 valence electrons. The van der Waals surface area contributed by atoms with Gasteiger partial charge in [-0.3, -0.25) is 9.13 Å². The summed E-state index contributed by atoms with van der Waals surface area (Å²) in [5.41, 5.74) is 25.4. The predicted octanol–water partition coefficient (Wildman–Crippen LogP) is 14.9. The molecule has 0 N–H and O–H groups in total. The Balaban J connectivity index is 0.959. The van der Waals surface area contributed by atoms with E-state index in [9.17, 15) is 0 Å². The lowest BCUT2D eigenvalue weighted by Gasteiger charge is -2.31. The van der Waals surface area contributed by atoms with Gasteiger partial charge in [0, 0.05) is 39.8 Å². The zero-order valence-corrected chi connectivity index (χ0v) is 36.5. The van der Waals surface area contributed by atoms with Gasteiger partial charge in [-0.05, 0) is 171 Å². The van der Waals surface area contributed by atoms with Gasteiger partial charge in [0.15, 0.2) is 0 Å². The number of allylic oxidation sites excluding steroid dienone is 1. The van der Waals surface area contributed by atoms with Crippen molar-refractivity contribution in [1.82, 2.24) is 19.1 Å². The molecular weight excluding hydrogens is 801 g/mol. The van der Waals surface area contributed by atoms with Gasteiger partial charge >= 0.3 is 0 Å². The van der Waals surface area contributed by atoms with E-state index in [2.05, 4.69) is 179 Å². The summed E-state index contributed by atoms with van der Waals surface area (Å²) in [6.45, 7) is 0. The van der Waals surface area contributed by atoms with Crippen LogP contribution >= 0.6 is 0 Å². The van der Waals surface area contributed by atoms with Gasteiger partial charge in [0.05, 0.1) is 16.6 Å². The Morgan fingerprint density at radius 2 is 0.864 bits per heavy atom. The first kappa shape index (κ1) is 37.3. The quantitative estimate of drug-likeness (QED) is 0.167. The van der Waals surface area contributed by atoms with Crippen molar-refractivity contribution in [2.45, 2.75) is 38.5 Å². The second-order valence-corrected chi connectivity index (χ2v) is 18.3. The Kier molecular flexibility index (Phi) is 8.33. The molecule has 0 saturated carbocycles. The molecule has 0 radical (unpaired) electrons. The van der Waals surface area contributed by atoms with Crippen LogP contribution in [-0.4, -0.2) is 19.1 Å². The molecule has 4 heterocycles. The van der Waals surface area contributed by atoms with Gasteiger partial charge in [-0.25, -0.2) is 9.97 Å². The van der Waals surface area contributed by atoms with Crippen molar-refractivity contribution >= 4 is 44.4 Å². The summed E-state index contributed by atoms with van der Waals surface area (Å²) < 4.78 is 4.98. The smallest absolute Gasteiger partial charge is 0.137 e. The maximum Gasteiger partial charge on any atom is 0.137 e. The third-order valence-corrected chi connectivity index (χ3v) is 14.7. The first-order valence-electron chi connectivity index (χ1n) is 23.4. The first-order chi connectivity index (χ1) is 32.7. The van der Waals surface area contributed by atoms with Crippen LogP contribution in [0.5, 0.6) is 0 Å². The molecule has 3 aliphatic carbocycles. The van der Waals surface area contributed by atoms with Gasteiger partial charge in [0.2, 0.25) is 0 Å². The minimum atomic E-state index is 0.953. The zero-order valence-electron chi connectivity index (χ0n) is 36.5. The molecule has 0 unspecified atom stereocenters. The number of aromatic nitrogens is 4. The number of hydrogen-bond acceptors (Lipinski definition) is 2.